The van der Waals surface area contributed by atoms with Crippen LogP contribution in [0, 0.1) is 0 Å². The maximum Gasteiger partial charge on any atom is 0.303 e. The summed E-state index contributed by atoms with van der Waals surface area (Å²) in [6, 6.07) is 9.80. The summed E-state index contributed by atoms with van der Waals surface area (Å²) in [7, 11) is 0. The van der Waals surface area contributed by atoms with Crippen LogP contribution in [0.15, 0.2) is 30.3 Å². The second-order valence-corrected chi connectivity index (χ2v) is 3.71. The van der Waals surface area contributed by atoms with Crippen LogP contribution in [0.5, 0.6) is 0 Å². The maximum absolute atomic E-state index is 11.0. The molecule has 3 nitrogen and oxygen atoms in total. The first kappa shape index (κ1) is 12.7. The molecule has 0 bridgehead atoms. The van der Waals surface area contributed by atoms with Gasteiger partial charge in [0, 0.05) is 13.5 Å². The number of hydrogen-bond donors (Lipinski definition) is 1. The first-order valence-corrected chi connectivity index (χ1v) is 5.67. The summed E-state index contributed by atoms with van der Waals surface area (Å²) in [5.74, 6) is -0.243. The van der Waals surface area contributed by atoms with Gasteiger partial charge in [0.2, 0.25) is 0 Å². The van der Waals surface area contributed by atoms with Gasteiger partial charge in [-0.2, -0.15) is 0 Å². The second kappa shape index (κ2) is 7.01. The predicted octanol–water partition coefficient (Wildman–Crippen LogP) is 2.29. The molecule has 88 valence electrons. The average molecular weight is 221 g/mol. The number of ether oxygens (including phenoxy) is 1. The van der Waals surface area contributed by atoms with Crippen LogP contribution in [0.3, 0.4) is 0 Å². The number of carbonyl (C=O) groups is 1. The Kier molecular flexibility index (Phi) is 5.57. The summed E-state index contributed by atoms with van der Waals surface area (Å²) < 4.78 is 5.28. The zero-order valence-electron chi connectivity index (χ0n) is 9.90. The normalized spacial score (nSPS) is 12.1. The highest BCUT2D eigenvalue weighted by atomic mass is 16.5. The third kappa shape index (κ3) is 4.45. The van der Waals surface area contributed by atoms with Crippen LogP contribution in [0.1, 0.15) is 31.9 Å². The van der Waals surface area contributed by atoms with E-state index in [0.717, 1.165) is 18.5 Å². The van der Waals surface area contributed by atoms with Crippen molar-refractivity contribution in [1.82, 2.24) is 5.32 Å². The van der Waals surface area contributed by atoms with Crippen molar-refractivity contribution in [3.8, 4) is 0 Å². The van der Waals surface area contributed by atoms with Gasteiger partial charge in [0.15, 0.2) is 0 Å². The van der Waals surface area contributed by atoms with Gasteiger partial charge < -0.3 is 10.1 Å². The van der Waals surface area contributed by atoms with Crippen molar-refractivity contribution < 1.29 is 9.53 Å². The molecule has 0 spiro atoms. The number of hydrogen-bond acceptors (Lipinski definition) is 3. The molecule has 0 aromatic heterocycles. The van der Waals surface area contributed by atoms with E-state index in [2.05, 4.69) is 12.2 Å². The zero-order chi connectivity index (χ0) is 11.8. The smallest absolute Gasteiger partial charge is 0.303 e. The van der Waals surface area contributed by atoms with E-state index >= 15 is 0 Å². The molecule has 1 aromatic carbocycles. The lowest BCUT2D eigenvalue weighted by atomic mass is 10.1. The number of rotatable bonds is 6. The highest BCUT2D eigenvalue weighted by Crippen LogP contribution is 2.16. The minimum Gasteiger partial charge on any atom is -0.456 e. The Morgan fingerprint density at radius 1 is 1.38 bits per heavy atom. The van der Waals surface area contributed by atoms with Crippen LogP contribution >= 0.6 is 0 Å². The second-order valence-electron chi connectivity index (χ2n) is 3.71. The van der Waals surface area contributed by atoms with E-state index in [-0.39, 0.29) is 12.1 Å². The Hall–Kier alpha value is -1.35. The molecule has 16 heavy (non-hydrogen) atoms. The summed E-state index contributed by atoms with van der Waals surface area (Å²) in [5.41, 5.74) is 1.03. The van der Waals surface area contributed by atoms with E-state index in [1.165, 1.54) is 6.92 Å². The monoisotopic (exact) mass is 221 g/mol. The van der Waals surface area contributed by atoms with Gasteiger partial charge in [-0.15, -0.1) is 0 Å². The van der Waals surface area contributed by atoms with Crippen LogP contribution in [0.25, 0.3) is 0 Å². The Bertz CT molecular complexity index is 311. The molecule has 0 aliphatic rings. The van der Waals surface area contributed by atoms with Gasteiger partial charge >= 0.3 is 5.97 Å². The largest absolute Gasteiger partial charge is 0.456 e. The lowest BCUT2D eigenvalue weighted by molar-refractivity contribution is -0.146. The molecule has 3 heteroatoms. The van der Waals surface area contributed by atoms with Crippen LogP contribution in [0.4, 0.5) is 0 Å². The third-order valence-electron chi connectivity index (χ3n) is 2.24. The average Bonchev–Trinajstić information content (AvgIpc) is 2.29. The molecule has 0 heterocycles. The van der Waals surface area contributed by atoms with Crippen LogP contribution < -0.4 is 5.32 Å². The molecule has 1 aromatic rings. The first-order valence-electron chi connectivity index (χ1n) is 5.67. The third-order valence-corrected chi connectivity index (χ3v) is 2.24. The molecule has 0 aliphatic heterocycles. The quantitative estimate of drug-likeness (QED) is 0.591. The van der Waals surface area contributed by atoms with Crippen molar-refractivity contribution in [1.29, 1.82) is 0 Å². The van der Waals surface area contributed by atoms with Crippen LogP contribution in [0.2, 0.25) is 0 Å². The van der Waals surface area contributed by atoms with Crippen molar-refractivity contribution in [2.45, 2.75) is 26.4 Å². The summed E-state index contributed by atoms with van der Waals surface area (Å²) in [4.78, 5) is 11.0. The Labute approximate surface area is 96.8 Å². The first-order chi connectivity index (χ1) is 7.74. The summed E-state index contributed by atoms with van der Waals surface area (Å²) in [5, 5.41) is 3.26. The van der Waals surface area contributed by atoms with Crippen molar-refractivity contribution in [2.24, 2.45) is 0 Å². The van der Waals surface area contributed by atoms with E-state index in [9.17, 15) is 4.79 Å². The Morgan fingerprint density at radius 2 is 2.06 bits per heavy atom. The highest BCUT2D eigenvalue weighted by molar-refractivity contribution is 5.66. The molecule has 0 saturated heterocycles. The van der Waals surface area contributed by atoms with E-state index < -0.39 is 0 Å². The molecule has 1 N–H and O–H groups in total. The van der Waals surface area contributed by atoms with Gasteiger partial charge in [0.25, 0.3) is 0 Å². The van der Waals surface area contributed by atoms with E-state index in [0.29, 0.717) is 6.54 Å². The highest BCUT2D eigenvalue weighted by Gasteiger charge is 2.13. The summed E-state index contributed by atoms with van der Waals surface area (Å²) in [6.45, 7) is 5.15. The molecule has 0 radical (unpaired) electrons. The van der Waals surface area contributed by atoms with Gasteiger partial charge in [0.1, 0.15) is 6.10 Å². The number of esters is 1. The van der Waals surface area contributed by atoms with Crippen molar-refractivity contribution in [3.63, 3.8) is 0 Å². The molecule has 1 rings (SSSR count). The van der Waals surface area contributed by atoms with E-state index in [1.54, 1.807) is 0 Å². The summed E-state index contributed by atoms with van der Waals surface area (Å²) in [6.07, 6.45) is 0.881. The van der Waals surface area contributed by atoms with Gasteiger partial charge in [-0.3, -0.25) is 4.79 Å². The van der Waals surface area contributed by atoms with Crippen LogP contribution in [-0.2, 0) is 9.53 Å². The molecular weight excluding hydrogens is 202 g/mol. The van der Waals surface area contributed by atoms with Gasteiger partial charge in [-0.1, -0.05) is 37.3 Å². The van der Waals surface area contributed by atoms with Gasteiger partial charge in [0.05, 0.1) is 0 Å². The van der Waals surface area contributed by atoms with Gasteiger partial charge in [-0.05, 0) is 18.5 Å². The topological polar surface area (TPSA) is 38.3 Å². The Balaban J connectivity index is 2.60. The number of nitrogens with one attached hydrogen (secondary N) is 1. The maximum atomic E-state index is 11.0. The number of carbonyl (C=O) groups excluding carboxylic acids is 1. The lowest BCUT2D eigenvalue weighted by Crippen LogP contribution is -2.25. The van der Waals surface area contributed by atoms with E-state index in [1.807, 2.05) is 30.3 Å². The Morgan fingerprint density at radius 3 is 2.62 bits per heavy atom. The molecule has 0 saturated carbocycles. The lowest BCUT2D eigenvalue weighted by Gasteiger charge is -2.17. The molecule has 0 fully saturated rings. The molecule has 0 aliphatic carbocycles. The van der Waals surface area contributed by atoms with Crippen molar-refractivity contribution in [2.75, 3.05) is 13.1 Å². The number of benzene rings is 1. The molecular formula is C13H19NO2. The fourth-order valence-corrected chi connectivity index (χ4v) is 1.51. The molecule has 0 unspecified atom stereocenters. The zero-order valence-corrected chi connectivity index (χ0v) is 9.90. The van der Waals surface area contributed by atoms with Crippen molar-refractivity contribution in [3.05, 3.63) is 35.9 Å². The summed E-state index contributed by atoms with van der Waals surface area (Å²) >= 11 is 0. The van der Waals surface area contributed by atoms with E-state index in [4.69, 9.17) is 4.74 Å². The fourth-order valence-electron chi connectivity index (χ4n) is 1.51. The predicted molar refractivity (Wildman–Crippen MR) is 64.1 cm³/mol. The minimum atomic E-state index is -0.243. The minimum absolute atomic E-state index is 0.190. The molecule has 0 amide bonds. The standard InChI is InChI=1S/C13H19NO2/c1-3-9-14-10-13(16-11(2)15)12-7-5-4-6-8-12/h4-8,13-14H,3,9-10H2,1-2H3/t13-/m0/s1. The van der Waals surface area contributed by atoms with Crippen molar-refractivity contribution >= 4 is 5.97 Å². The molecule has 1 atom stereocenters. The van der Waals surface area contributed by atoms with Crippen LogP contribution in [-0.4, -0.2) is 19.1 Å². The van der Waals surface area contributed by atoms with Gasteiger partial charge in [-0.25, -0.2) is 0 Å². The SMILES string of the molecule is CCCNC[C@H](OC(C)=O)c1ccccc1. The fraction of sp³-hybridized carbons (Fsp3) is 0.462.